The van der Waals surface area contributed by atoms with E-state index in [2.05, 4.69) is 9.71 Å². The third-order valence-corrected chi connectivity index (χ3v) is 4.68. The lowest BCUT2D eigenvalue weighted by Gasteiger charge is -2.08. The minimum Gasteiger partial charge on any atom is -0.324 e. The Kier molecular flexibility index (Phi) is 4.08. The van der Waals surface area contributed by atoms with Crippen molar-refractivity contribution in [3.63, 3.8) is 0 Å². The van der Waals surface area contributed by atoms with E-state index in [0.29, 0.717) is 0 Å². The molecule has 1 heterocycles. The van der Waals surface area contributed by atoms with Gasteiger partial charge in [0, 0.05) is 19.2 Å². The number of nitrogens with one attached hydrogen (secondary N) is 1. The molecular weight excluding hydrogens is 343 g/mol. The molecule has 112 valence electrons. The highest BCUT2D eigenvalue weighted by Crippen LogP contribution is 2.29. The summed E-state index contributed by atoms with van der Waals surface area (Å²) in [5.74, 6) is 0. The third kappa shape index (κ3) is 3.09. The molecule has 0 fully saturated rings. The normalized spacial score (nSPS) is 11.4. The maximum atomic E-state index is 12.2. The van der Waals surface area contributed by atoms with Crippen molar-refractivity contribution in [2.24, 2.45) is 7.05 Å². The molecule has 2 aromatic rings. The molecule has 0 aliphatic carbocycles. The van der Waals surface area contributed by atoms with E-state index >= 15 is 0 Å². The van der Waals surface area contributed by atoms with Crippen molar-refractivity contribution in [1.82, 2.24) is 9.55 Å². The van der Waals surface area contributed by atoms with Gasteiger partial charge in [-0.25, -0.2) is 4.98 Å². The number of non-ortho nitro benzene ring substituents is 1. The fourth-order valence-corrected chi connectivity index (χ4v) is 3.20. The summed E-state index contributed by atoms with van der Waals surface area (Å²) < 4.78 is 27.8. The number of nitro groups is 1. The molecule has 0 amide bonds. The van der Waals surface area contributed by atoms with E-state index in [-0.39, 0.29) is 21.6 Å². The van der Waals surface area contributed by atoms with Crippen molar-refractivity contribution in [3.8, 4) is 0 Å². The monoisotopic (exact) mass is 350 g/mol. The predicted octanol–water partition coefficient (Wildman–Crippen LogP) is 2.44. The number of nitro benzene ring substituents is 1. The highest BCUT2D eigenvalue weighted by molar-refractivity contribution is 7.92. The molecule has 0 aliphatic rings. The summed E-state index contributed by atoms with van der Waals surface area (Å²) in [6, 6.07) is 3.39. The van der Waals surface area contributed by atoms with Crippen LogP contribution in [-0.4, -0.2) is 22.9 Å². The zero-order chi connectivity index (χ0) is 15.8. The number of hydrogen-bond donors (Lipinski definition) is 1. The summed E-state index contributed by atoms with van der Waals surface area (Å²) in [4.78, 5) is 13.7. The maximum absolute atomic E-state index is 12.2. The second-order valence-electron chi connectivity index (χ2n) is 3.98. The molecule has 1 N–H and O–H groups in total. The molecule has 0 saturated heterocycles. The van der Waals surface area contributed by atoms with Gasteiger partial charge in [-0.05, 0) is 6.07 Å². The molecule has 0 radical (unpaired) electrons. The van der Waals surface area contributed by atoms with Crippen molar-refractivity contribution in [1.29, 1.82) is 0 Å². The lowest BCUT2D eigenvalue weighted by molar-refractivity contribution is -0.384. The van der Waals surface area contributed by atoms with E-state index in [4.69, 9.17) is 23.2 Å². The number of nitrogens with zero attached hydrogens (tertiary/aromatic N) is 3. The predicted molar refractivity (Wildman–Crippen MR) is 77.1 cm³/mol. The number of sulfonamides is 1. The Bertz CT molecular complexity index is 818. The molecule has 8 nitrogen and oxygen atoms in total. The SMILES string of the molecule is Cn1cnc(S(=O)(=O)Nc2cc([N+](=O)[O-])ccc2Cl)c1Cl. The quantitative estimate of drug-likeness (QED) is 0.672. The van der Waals surface area contributed by atoms with Gasteiger partial charge in [-0.2, -0.15) is 8.42 Å². The van der Waals surface area contributed by atoms with Crippen LogP contribution in [0.5, 0.6) is 0 Å². The maximum Gasteiger partial charge on any atom is 0.282 e. The van der Waals surface area contributed by atoms with Gasteiger partial charge in [-0.15, -0.1) is 0 Å². The largest absolute Gasteiger partial charge is 0.324 e. The number of imidazole rings is 1. The Morgan fingerprint density at radius 3 is 2.57 bits per heavy atom. The molecule has 0 saturated carbocycles. The summed E-state index contributed by atoms with van der Waals surface area (Å²) in [6.45, 7) is 0. The van der Waals surface area contributed by atoms with Gasteiger partial charge < -0.3 is 4.57 Å². The van der Waals surface area contributed by atoms with Crippen molar-refractivity contribution >= 4 is 44.6 Å². The lowest BCUT2D eigenvalue weighted by Crippen LogP contribution is -2.14. The van der Waals surface area contributed by atoms with Crippen LogP contribution in [0.3, 0.4) is 0 Å². The Balaban J connectivity index is 2.44. The van der Waals surface area contributed by atoms with Crippen LogP contribution in [0.1, 0.15) is 0 Å². The zero-order valence-corrected chi connectivity index (χ0v) is 12.8. The van der Waals surface area contributed by atoms with Crippen molar-refractivity contribution in [3.05, 3.63) is 44.8 Å². The average Bonchev–Trinajstić information content (AvgIpc) is 2.73. The summed E-state index contributed by atoms with van der Waals surface area (Å²) in [7, 11) is -2.59. The molecular formula is C10H8Cl2N4O4S. The molecule has 0 aliphatic heterocycles. The Morgan fingerprint density at radius 1 is 1.38 bits per heavy atom. The first-order chi connectivity index (χ1) is 9.72. The van der Waals surface area contributed by atoms with Gasteiger partial charge in [0.15, 0.2) is 0 Å². The van der Waals surface area contributed by atoms with E-state index in [1.54, 1.807) is 0 Å². The molecule has 0 bridgehead atoms. The summed E-state index contributed by atoms with van der Waals surface area (Å²) in [5.41, 5.74) is -0.434. The fourth-order valence-electron chi connectivity index (χ4n) is 1.47. The molecule has 2 rings (SSSR count). The van der Waals surface area contributed by atoms with E-state index < -0.39 is 20.0 Å². The molecule has 1 aromatic carbocycles. The fraction of sp³-hybridized carbons (Fsp3) is 0.100. The van der Waals surface area contributed by atoms with E-state index in [9.17, 15) is 18.5 Å². The molecule has 0 unspecified atom stereocenters. The summed E-state index contributed by atoms with van der Waals surface area (Å²) >= 11 is 11.7. The van der Waals surface area contributed by atoms with Gasteiger partial charge in [0.1, 0.15) is 5.15 Å². The Hall–Kier alpha value is -1.84. The van der Waals surface area contributed by atoms with Crippen molar-refractivity contribution in [2.75, 3.05) is 4.72 Å². The minimum absolute atomic E-state index is 0.0104. The van der Waals surface area contributed by atoms with E-state index in [1.807, 2.05) is 0 Å². The summed E-state index contributed by atoms with van der Waals surface area (Å²) in [6.07, 6.45) is 1.23. The van der Waals surface area contributed by atoms with E-state index in [1.165, 1.54) is 24.0 Å². The van der Waals surface area contributed by atoms with Gasteiger partial charge in [0.25, 0.3) is 15.7 Å². The third-order valence-electron chi connectivity index (χ3n) is 2.49. The first-order valence-electron chi connectivity index (χ1n) is 5.36. The number of hydrogen-bond acceptors (Lipinski definition) is 5. The smallest absolute Gasteiger partial charge is 0.282 e. The highest BCUT2D eigenvalue weighted by Gasteiger charge is 2.24. The van der Waals surface area contributed by atoms with Gasteiger partial charge in [-0.1, -0.05) is 23.2 Å². The van der Waals surface area contributed by atoms with Crippen LogP contribution in [0.25, 0.3) is 0 Å². The number of rotatable bonds is 4. The standard InChI is InChI=1S/C10H8Cl2N4O4S/c1-15-5-13-10(9(15)12)21(19,20)14-8-4-6(16(17)18)2-3-7(8)11/h2-5,14H,1H3. The minimum atomic E-state index is -4.11. The van der Waals surface area contributed by atoms with Crippen molar-refractivity contribution in [2.45, 2.75) is 5.03 Å². The van der Waals surface area contributed by atoms with Gasteiger partial charge in [-0.3, -0.25) is 14.8 Å². The van der Waals surface area contributed by atoms with Gasteiger partial charge in [0.05, 0.1) is 22.0 Å². The number of halogens is 2. The molecule has 21 heavy (non-hydrogen) atoms. The van der Waals surface area contributed by atoms with Crippen LogP contribution in [0.2, 0.25) is 10.2 Å². The van der Waals surface area contributed by atoms with Crippen LogP contribution < -0.4 is 4.72 Å². The van der Waals surface area contributed by atoms with Gasteiger partial charge in [0.2, 0.25) is 5.03 Å². The molecule has 0 spiro atoms. The number of benzene rings is 1. The Labute approximate surface area is 129 Å². The van der Waals surface area contributed by atoms with Crippen molar-refractivity contribution < 1.29 is 13.3 Å². The number of anilines is 1. The zero-order valence-electron chi connectivity index (χ0n) is 10.4. The first kappa shape index (κ1) is 15.5. The average molecular weight is 351 g/mol. The van der Waals surface area contributed by atoms with Crippen LogP contribution in [0.4, 0.5) is 11.4 Å². The number of aromatic nitrogens is 2. The molecule has 0 atom stereocenters. The topological polar surface area (TPSA) is 107 Å². The Morgan fingerprint density at radius 2 is 2.05 bits per heavy atom. The number of aryl methyl sites for hydroxylation is 1. The van der Waals surface area contributed by atoms with E-state index in [0.717, 1.165) is 12.1 Å². The molecule has 11 heteroatoms. The second-order valence-corrected chi connectivity index (χ2v) is 6.34. The van der Waals surface area contributed by atoms with Crippen LogP contribution in [0, 0.1) is 10.1 Å². The molecule has 1 aromatic heterocycles. The second kappa shape index (κ2) is 5.51. The van der Waals surface area contributed by atoms with Gasteiger partial charge >= 0.3 is 0 Å². The van der Waals surface area contributed by atoms with Crippen LogP contribution >= 0.6 is 23.2 Å². The lowest BCUT2D eigenvalue weighted by atomic mass is 10.3. The van der Waals surface area contributed by atoms with Crippen LogP contribution in [0.15, 0.2) is 29.6 Å². The van der Waals surface area contributed by atoms with Crippen LogP contribution in [-0.2, 0) is 17.1 Å². The summed E-state index contributed by atoms with van der Waals surface area (Å²) in [5, 5.41) is 10.2. The highest BCUT2D eigenvalue weighted by atomic mass is 35.5. The first-order valence-corrected chi connectivity index (χ1v) is 7.60.